The molecule has 0 saturated carbocycles. The van der Waals surface area contributed by atoms with Crippen molar-refractivity contribution in [3.63, 3.8) is 0 Å². The molecule has 1 aromatic heterocycles. The third-order valence-electron chi connectivity index (χ3n) is 1.70. The lowest BCUT2D eigenvalue weighted by molar-refractivity contribution is 1.25. The molecule has 0 bridgehead atoms. The third-order valence-corrected chi connectivity index (χ3v) is 1.70. The Hall–Kier alpha value is -2.15. The Labute approximate surface area is 74.6 Å². The number of aromatic nitrogens is 2. The van der Waals surface area contributed by atoms with Gasteiger partial charge >= 0.3 is 0 Å². The Morgan fingerprint density at radius 1 is 1.15 bits per heavy atom. The van der Waals surface area contributed by atoms with Gasteiger partial charge in [0.25, 0.3) is 0 Å². The lowest BCUT2D eigenvalue weighted by atomic mass is 10.3. The molecule has 1 heterocycles. The first kappa shape index (κ1) is 7.50. The van der Waals surface area contributed by atoms with Crippen molar-refractivity contribution in [1.29, 1.82) is 5.26 Å². The zero-order valence-corrected chi connectivity index (χ0v) is 6.73. The van der Waals surface area contributed by atoms with Crippen LogP contribution in [0.1, 0.15) is 5.69 Å². The highest BCUT2D eigenvalue weighted by Gasteiger charge is 2.03. The van der Waals surface area contributed by atoms with Crippen molar-refractivity contribution >= 4 is 16.9 Å². The van der Waals surface area contributed by atoms with Gasteiger partial charge in [0.15, 0.2) is 11.5 Å². The zero-order valence-electron chi connectivity index (χ0n) is 6.73. The van der Waals surface area contributed by atoms with Gasteiger partial charge < -0.3 is 5.73 Å². The van der Waals surface area contributed by atoms with Gasteiger partial charge in [-0.2, -0.15) is 5.26 Å². The molecule has 4 nitrogen and oxygen atoms in total. The van der Waals surface area contributed by atoms with Crippen LogP contribution in [0.15, 0.2) is 24.3 Å². The van der Waals surface area contributed by atoms with E-state index in [9.17, 15) is 0 Å². The quantitative estimate of drug-likeness (QED) is 0.641. The highest BCUT2D eigenvalue weighted by Crippen LogP contribution is 2.12. The van der Waals surface area contributed by atoms with E-state index in [0.29, 0.717) is 11.0 Å². The molecule has 0 saturated heterocycles. The molecule has 62 valence electrons. The van der Waals surface area contributed by atoms with E-state index in [4.69, 9.17) is 11.0 Å². The van der Waals surface area contributed by atoms with Gasteiger partial charge in [-0.25, -0.2) is 9.97 Å². The number of anilines is 1. The van der Waals surface area contributed by atoms with E-state index in [1.807, 2.05) is 18.2 Å². The number of fused-ring (bicyclic) bond motifs is 1. The number of nitrogen functional groups attached to an aromatic ring is 1. The summed E-state index contributed by atoms with van der Waals surface area (Å²) in [6.45, 7) is 0. The number of nitriles is 1. The highest BCUT2D eigenvalue weighted by molar-refractivity contribution is 5.76. The maximum atomic E-state index is 8.65. The van der Waals surface area contributed by atoms with E-state index in [1.54, 1.807) is 12.1 Å². The second-order valence-corrected chi connectivity index (χ2v) is 2.56. The van der Waals surface area contributed by atoms with Crippen molar-refractivity contribution in [3.05, 3.63) is 30.0 Å². The summed E-state index contributed by atoms with van der Waals surface area (Å²) in [5.74, 6) is 0.182. The van der Waals surface area contributed by atoms with Gasteiger partial charge in [-0.15, -0.1) is 0 Å². The number of benzene rings is 1. The monoisotopic (exact) mass is 170 g/mol. The predicted molar refractivity (Wildman–Crippen MR) is 48.7 cm³/mol. The van der Waals surface area contributed by atoms with Crippen molar-refractivity contribution in [2.45, 2.75) is 0 Å². The van der Waals surface area contributed by atoms with Crippen LogP contribution in [0.3, 0.4) is 0 Å². The van der Waals surface area contributed by atoms with E-state index in [1.165, 1.54) is 0 Å². The van der Waals surface area contributed by atoms with Gasteiger partial charge in [0.2, 0.25) is 0 Å². The number of para-hydroxylation sites is 2. The van der Waals surface area contributed by atoms with Gasteiger partial charge in [0, 0.05) is 0 Å². The van der Waals surface area contributed by atoms with Gasteiger partial charge in [-0.05, 0) is 12.1 Å². The summed E-state index contributed by atoms with van der Waals surface area (Å²) < 4.78 is 0. The fourth-order valence-electron chi connectivity index (χ4n) is 1.10. The van der Waals surface area contributed by atoms with E-state index in [2.05, 4.69) is 9.97 Å². The molecule has 0 spiro atoms. The molecule has 0 atom stereocenters. The zero-order chi connectivity index (χ0) is 9.26. The summed E-state index contributed by atoms with van der Waals surface area (Å²) in [6.07, 6.45) is 0. The molecular formula is C9H6N4. The average Bonchev–Trinajstić information content (AvgIpc) is 2.17. The molecule has 0 amide bonds. The van der Waals surface area contributed by atoms with Crippen LogP contribution in [0.4, 0.5) is 5.82 Å². The minimum absolute atomic E-state index is 0.179. The van der Waals surface area contributed by atoms with Gasteiger partial charge in [-0.3, -0.25) is 0 Å². The van der Waals surface area contributed by atoms with Crippen LogP contribution in [0.2, 0.25) is 0 Å². The van der Waals surface area contributed by atoms with Crippen molar-refractivity contribution in [2.75, 3.05) is 5.73 Å². The van der Waals surface area contributed by atoms with Crippen LogP contribution in [-0.4, -0.2) is 9.97 Å². The van der Waals surface area contributed by atoms with Crippen LogP contribution in [0.5, 0.6) is 0 Å². The normalized spacial score (nSPS) is 9.77. The lowest BCUT2D eigenvalue weighted by Gasteiger charge is -1.98. The minimum atomic E-state index is 0.179. The van der Waals surface area contributed by atoms with Crippen molar-refractivity contribution in [1.82, 2.24) is 9.97 Å². The summed E-state index contributed by atoms with van der Waals surface area (Å²) in [4.78, 5) is 8.08. The summed E-state index contributed by atoms with van der Waals surface area (Å²) in [5.41, 5.74) is 7.08. The first-order valence-electron chi connectivity index (χ1n) is 3.73. The molecule has 0 unspecified atom stereocenters. The molecule has 13 heavy (non-hydrogen) atoms. The Balaban J connectivity index is 2.83. The number of nitrogens with zero attached hydrogens (tertiary/aromatic N) is 3. The van der Waals surface area contributed by atoms with Gasteiger partial charge in [0.05, 0.1) is 11.0 Å². The van der Waals surface area contributed by atoms with Crippen molar-refractivity contribution in [3.8, 4) is 6.07 Å². The molecule has 2 rings (SSSR count). The standard InChI is InChI=1S/C9H6N4/c10-5-8-9(11)13-7-4-2-1-3-6(7)12-8/h1-4H,(H2,11,13). The number of nitrogens with two attached hydrogens (primary N) is 1. The van der Waals surface area contributed by atoms with E-state index < -0.39 is 0 Å². The molecular weight excluding hydrogens is 164 g/mol. The first-order valence-corrected chi connectivity index (χ1v) is 3.73. The van der Waals surface area contributed by atoms with Crippen molar-refractivity contribution < 1.29 is 0 Å². The first-order chi connectivity index (χ1) is 6.31. The Kier molecular flexibility index (Phi) is 1.57. The average molecular weight is 170 g/mol. The minimum Gasteiger partial charge on any atom is -0.381 e. The predicted octanol–water partition coefficient (Wildman–Crippen LogP) is 1.08. The molecule has 0 aliphatic carbocycles. The second kappa shape index (κ2) is 2.72. The van der Waals surface area contributed by atoms with Crippen LogP contribution in [-0.2, 0) is 0 Å². The summed E-state index contributed by atoms with van der Waals surface area (Å²) >= 11 is 0. The molecule has 0 radical (unpaired) electrons. The smallest absolute Gasteiger partial charge is 0.183 e. The highest BCUT2D eigenvalue weighted by atomic mass is 14.9. The Bertz CT molecular complexity index is 498. The number of hydrogen-bond acceptors (Lipinski definition) is 4. The second-order valence-electron chi connectivity index (χ2n) is 2.56. The van der Waals surface area contributed by atoms with Crippen LogP contribution >= 0.6 is 0 Å². The number of hydrogen-bond donors (Lipinski definition) is 1. The summed E-state index contributed by atoms with van der Waals surface area (Å²) in [5, 5.41) is 8.65. The van der Waals surface area contributed by atoms with E-state index in [-0.39, 0.29) is 11.5 Å². The molecule has 2 aromatic rings. The molecule has 4 heteroatoms. The lowest BCUT2D eigenvalue weighted by Crippen LogP contribution is -1.98. The molecule has 0 aliphatic rings. The fourth-order valence-corrected chi connectivity index (χ4v) is 1.10. The maximum absolute atomic E-state index is 8.65. The van der Waals surface area contributed by atoms with Crippen molar-refractivity contribution in [2.24, 2.45) is 0 Å². The van der Waals surface area contributed by atoms with Crippen LogP contribution in [0, 0.1) is 11.3 Å². The van der Waals surface area contributed by atoms with E-state index in [0.717, 1.165) is 0 Å². The SMILES string of the molecule is N#Cc1nc2ccccc2nc1N. The van der Waals surface area contributed by atoms with E-state index >= 15 is 0 Å². The maximum Gasteiger partial charge on any atom is 0.183 e. The molecule has 0 aliphatic heterocycles. The fraction of sp³-hybridized carbons (Fsp3) is 0. The third kappa shape index (κ3) is 1.16. The summed E-state index contributed by atoms with van der Waals surface area (Å²) in [7, 11) is 0. The van der Waals surface area contributed by atoms with Crippen LogP contribution < -0.4 is 5.73 Å². The molecule has 1 aromatic carbocycles. The number of rotatable bonds is 0. The van der Waals surface area contributed by atoms with Gasteiger partial charge in [-0.1, -0.05) is 12.1 Å². The Morgan fingerprint density at radius 3 is 2.38 bits per heavy atom. The largest absolute Gasteiger partial charge is 0.381 e. The topological polar surface area (TPSA) is 75.6 Å². The van der Waals surface area contributed by atoms with Crippen LogP contribution in [0.25, 0.3) is 11.0 Å². The summed E-state index contributed by atoms with van der Waals surface area (Å²) in [6, 6.07) is 9.18. The van der Waals surface area contributed by atoms with Gasteiger partial charge in [0.1, 0.15) is 6.07 Å². The molecule has 0 fully saturated rings. The Morgan fingerprint density at radius 2 is 1.77 bits per heavy atom. The molecule has 2 N–H and O–H groups in total.